The minimum Gasteiger partial charge on any atom is -0.493 e. The molecule has 8 heteroatoms. The van der Waals surface area contributed by atoms with E-state index in [2.05, 4.69) is 4.99 Å². The minimum absolute atomic E-state index is 0.111. The zero-order valence-corrected chi connectivity index (χ0v) is 16.2. The standard InChI is InChI=1S/C19H15Cl2NO5/c1-24-15-7-10(8-16(25-2)17(15)26-3)6-14-19(23)27-18(22-14)12-5-4-11(20)9-13(12)21/h4-9H,1-3H3/b14-6+. The highest BCUT2D eigenvalue weighted by molar-refractivity contribution is 6.37. The third-order valence-corrected chi connectivity index (χ3v) is 4.32. The molecule has 1 aliphatic heterocycles. The van der Waals surface area contributed by atoms with Gasteiger partial charge >= 0.3 is 5.97 Å². The van der Waals surface area contributed by atoms with Gasteiger partial charge in [0.25, 0.3) is 0 Å². The van der Waals surface area contributed by atoms with E-state index in [9.17, 15) is 4.79 Å². The van der Waals surface area contributed by atoms with Gasteiger partial charge < -0.3 is 18.9 Å². The zero-order chi connectivity index (χ0) is 19.6. The van der Waals surface area contributed by atoms with Gasteiger partial charge in [-0.25, -0.2) is 9.79 Å². The number of halogens is 2. The summed E-state index contributed by atoms with van der Waals surface area (Å²) < 4.78 is 21.1. The van der Waals surface area contributed by atoms with Crippen LogP contribution in [0.5, 0.6) is 17.2 Å². The van der Waals surface area contributed by atoms with Crippen molar-refractivity contribution in [1.29, 1.82) is 0 Å². The van der Waals surface area contributed by atoms with E-state index in [4.69, 9.17) is 42.1 Å². The van der Waals surface area contributed by atoms with Gasteiger partial charge in [-0.05, 0) is 42.0 Å². The van der Waals surface area contributed by atoms with Crippen LogP contribution in [0.1, 0.15) is 11.1 Å². The van der Waals surface area contributed by atoms with Gasteiger partial charge in [-0.2, -0.15) is 0 Å². The maximum atomic E-state index is 12.2. The lowest BCUT2D eigenvalue weighted by Gasteiger charge is -2.12. The first-order valence-electron chi connectivity index (χ1n) is 7.74. The number of methoxy groups -OCH3 is 3. The minimum atomic E-state index is -0.593. The number of nitrogens with zero attached hydrogens (tertiary/aromatic N) is 1. The van der Waals surface area contributed by atoms with Gasteiger partial charge in [0.2, 0.25) is 11.6 Å². The molecule has 1 heterocycles. The van der Waals surface area contributed by atoms with Gasteiger partial charge in [-0.3, -0.25) is 0 Å². The number of benzene rings is 2. The van der Waals surface area contributed by atoms with E-state index in [1.54, 1.807) is 36.4 Å². The Labute approximate surface area is 165 Å². The van der Waals surface area contributed by atoms with Crippen LogP contribution in [-0.4, -0.2) is 33.2 Å². The van der Waals surface area contributed by atoms with Gasteiger partial charge in [0, 0.05) is 5.02 Å². The maximum absolute atomic E-state index is 12.2. The van der Waals surface area contributed by atoms with Crippen molar-refractivity contribution in [3.63, 3.8) is 0 Å². The summed E-state index contributed by atoms with van der Waals surface area (Å²) in [6.45, 7) is 0. The number of cyclic esters (lactones) is 1. The highest BCUT2D eigenvalue weighted by atomic mass is 35.5. The molecule has 0 aliphatic carbocycles. The highest BCUT2D eigenvalue weighted by Gasteiger charge is 2.26. The van der Waals surface area contributed by atoms with Crippen molar-refractivity contribution in [3.05, 3.63) is 57.2 Å². The third-order valence-electron chi connectivity index (χ3n) is 3.77. The van der Waals surface area contributed by atoms with Crippen molar-refractivity contribution in [2.75, 3.05) is 21.3 Å². The van der Waals surface area contributed by atoms with Crippen molar-refractivity contribution in [3.8, 4) is 17.2 Å². The van der Waals surface area contributed by atoms with Crippen LogP contribution in [-0.2, 0) is 9.53 Å². The molecule has 0 unspecified atom stereocenters. The second kappa shape index (κ2) is 7.90. The zero-order valence-electron chi connectivity index (χ0n) is 14.7. The van der Waals surface area contributed by atoms with Crippen LogP contribution in [0.15, 0.2) is 41.0 Å². The molecule has 0 atom stereocenters. The van der Waals surface area contributed by atoms with E-state index in [1.165, 1.54) is 21.3 Å². The average molecular weight is 408 g/mol. The van der Waals surface area contributed by atoms with E-state index < -0.39 is 5.97 Å². The van der Waals surface area contributed by atoms with E-state index in [0.717, 1.165) is 0 Å². The molecule has 2 aromatic rings. The van der Waals surface area contributed by atoms with Crippen molar-refractivity contribution >= 4 is 41.1 Å². The molecule has 3 rings (SSSR count). The summed E-state index contributed by atoms with van der Waals surface area (Å²) >= 11 is 12.0. The molecule has 0 aromatic heterocycles. The number of ether oxygens (including phenoxy) is 4. The fraction of sp³-hybridized carbons (Fsp3) is 0.158. The molecule has 0 saturated heterocycles. The quantitative estimate of drug-likeness (QED) is 0.543. The molecule has 6 nitrogen and oxygen atoms in total. The smallest absolute Gasteiger partial charge is 0.363 e. The Balaban J connectivity index is 2.02. The molecule has 0 radical (unpaired) electrons. The lowest BCUT2D eigenvalue weighted by atomic mass is 10.1. The van der Waals surface area contributed by atoms with Gasteiger partial charge in [0.05, 0.1) is 31.9 Å². The van der Waals surface area contributed by atoms with Crippen LogP contribution in [0.25, 0.3) is 6.08 Å². The summed E-state index contributed by atoms with van der Waals surface area (Å²) in [6, 6.07) is 8.23. The lowest BCUT2D eigenvalue weighted by molar-refractivity contribution is -0.129. The molecule has 0 saturated carbocycles. The van der Waals surface area contributed by atoms with Crippen molar-refractivity contribution < 1.29 is 23.7 Å². The Kier molecular flexibility index (Phi) is 5.58. The largest absolute Gasteiger partial charge is 0.493 e. The predicted octanol–water partition coefficient (Wildman–Crippen LogP) is 4.36. The average Bonchev–Trinajstić information content (AvgIpc) is 3.00. The fourth-order valence-corrected chi connectivity index (χ4v) is 3.02. The number of hydrogen-bond acceptors (Lipinski definition) is 6. The van der Waals surface area contributed by atoms with Crippen LogP contribution in [0.3, 0.4) is 0 Å². The number of rotatable bonds is 5. The van der Waals surface area contributed by atoms with E-state index in [1.807, 2.05) is 0 Å². The molecule has 0 spiro atoms. The summed E-state index contributed by atoms with van der Waals surface area (Å²) in [7, 11) is 4.53. The van der Waals surface area contributed by atoms with Crippen molar-refractivity contribution in [1.82, 2.24) is 0 Å². The van der Waals surface area contributed by atoms with E-state index in [0.29, 0.717) is 38.4 Å². The number of aliphatic imine (C=N–C) groups is 1. The Bertz CT molecular complexity index is 944. The normalized spacial score (nSPS) is 14.8. The van der Waals surface area contributed by atoms with Gasteiger partial charge in [0.1, 0.15) is 0 Å². The second-order valence-corrected chi connectivity index (χ2v) is 6.26. The summed E-state index contributed by atoms with van der Waals surface area (Å²) in [4.78, 5) is 16.5. The molecule has 140 valence electrons. The first-order chi connectivity index (χ1) is 13.0. The summed E-state index contributed by atoms with van der Waals surface area (Å²) in [5, 5.41) is 0.810. The fourth-order valence-electron chi connectivity index (χ4n) is 2.53. The molecule has 0 bridgehead atoms. The molecule has 1 aliphatic rings. The molecular formula is C19H15Cl2NO5. The molecule has 2 aromatic carbocycles. The SMILES string of the molecule is COc1cc(/C=C2/N=C(c3ccc(Cl)cc3Cl)OC2=O)cc(OC)c1OC. The molecule has 0 N–H and O–H groups in total. The number of hydrogen-bond donors (Lipinski definition) is 0. The Morgan fingerprint density at radius 1 is 1.00 bits per heavy atom. The van der Waals surface area contributed by atoms with Crippen LogP contribution in [0.4, 0.5) is 0 Å². The van der Waals surface area contributed by atoms with Gasteiger partial charge in [-0.1, -0.05) is 23.2 Å². The lowest BCUT2D eigenvalue weighted by Crippen LogP contribution is -2.05. The molecule has 0 amide bonds. The van der Waals surface area contributed by atoms with Crippen LogP contribution < -0.4 is 14.2 Å². The summed E-state index contributed by atoms with van der Waals surface area (Å²) in [6.07, 6.45) is 1.56. The van der Waals surface area contributed by atoms with Crippen molar-refractivity contribution in [2.45, 2.75) is 0 Å². The van der Waals surface area contributed by atoms with E-state index in [-0.39, 0.29) is 11.6 Å². The van der Waals surface area contributed by atoms with E-state index >= 15 is 0 Å². The van der Waals surface area contributed by atoms with Gasteiger partial charge in [-0.15, -0.1) is 0 Å². The first-order valence-corrected chi connectivity index (χ1v) is 8.50. The van der Waals surface area contributed by atoms with Gasteiger partial charge in [0.15, 0.2) is 17.2 Å². The summed E-state index contributed by atoms with van der Waals surface area (Å²) in [5.41, 5.74) is 1.22. The molecule has 27 heavy (non-hydrogen) atoms. The molecule has 0 fully saturated rings. The maximum Gasteiger partial charge on any atom is 0.363 e. The highest BCUT2D eigenvalue weighted by Crippen LogP contribution is 2.39. The van der Waals surface area contributed by atoms with Crippen molar-refractivity contribution in [2.24, 2.45) is 4.99 Å². The summed E-state index contributed by atoms with van der Waals surface area (Å²) in [5.74, 6) is 0.887. The predicted molar refractivity (Wildman–Crippen MR) is 103 cm³/mol. The Morgan fingerprint density at radius 2 is 1.67 bits per heavy atom. The number of carbonyl (C=O) groups excluding carboxylic acids is 1. The van der Waals surface area contributed by atoms with Crippen LogP contribution in [0, 0.1) is 0 Å². The third kappa shape index (κ3) is 3.86. The Hall–Kier alpha value is -2.70. The number of carbonyl (C=O) groups is 1. The second-order valence-electron chi connectivity index (χ2n) is 5.42. The first kappa shape index (κ1) is 19.1. The van der Waals surface area contributed by atoms with Crippen LogP contribution in [0.2, 0.25) is 10.0 Å². The van der Waals surface area contributed by atoms with Crippen LogP contribution >= 0.6 is 23.2 Å². The number of esters is 1. The monoisotopic (exact) mass is 407 g/mol. The Morgan fingerprint density at radius 3 is 2.22 bits per heavy atom. The molecular weight excluding hydrogens is 393 g/mol. The topological polar surface area (TPSA) is 66.4 Å².